The van der Waals surface area contributed by atoms with E-state index >= 15 is 0 Å². The van der Waals surface area contributed by atoms with E-state index in [4.69, 9.17) is 11.3 Å². The predicted molar refractivity (Wildman–Crippen MR) is 145 cm³/mol. The van der Waals surface area contributed by atoms with Crippen LogP contribution < -0.4 is 10.6 Å². The van der Waals surface area contributed by atoms with Gasteiger partial charge in [0.05, 0.1) is 10.5 Å². The Kier molecular flexibility index (Phi) is 13.7. The number of thioether (sulfide) groups is 1. The van der Waals surface area contributed by atoms with Gasteiger partial charge in [-0.1, -0.05) is 11.1 Å². The van der Waals surface area contributed by atoms with Crippen molar-refractivity contribution in [3.05, 3.63) is 56.5 Å². The minimum absolute atomic E-state index is 0.0471. The Bertz CT molecular complexity index is 1150. The zero-order chi connectivity index (χ0) is 28.7. The van der Waals surface area contributed by atoms with Crippen molar-refractivity contribution in [3.8, 4) is 12.3 Å². The molecule has 0 aliphatic rings. The van der Waals surface area contributed by atoms with Gasteiger partial charge in [-0.15, -0.1) is 18.2 Å². The number of benzene rings is 1. The number of hydrogen-bond donors (Lipinski definition) is 2. The van der Waals surface area contributed by atoms with Gasteiger partial charge in [-0.05, 0) is 56.4 Å². The molecule has 1 rings (SSSR count). The molecule has 0 radical (unpaired) electrons. The highest BCUT2D eigenvalue weighted by Gasteiger charge is 2.33. The standard InChI is InChI=1S/C25H30F3N5O4S/c1-6-18(3)32-37-12-7-13-38-16-21(17(2)14-19(4)29-5)24(34)31-11-10-30-22-9-8-20(25(26,27)28)15-23(22)33(35)36/h1,8-9,14-16,30H,7,10-13H2,2-5H3,(H,31,34)/b17-14-,21-16-,29-19-,32-18-. The molecule has 0 aliphatic heterocycles. The van der Waals surface area contributed by atoms with E-state index in [0.29, 0.717) is 41.7 Å². The van der Waals surface area contributed by atoms with Crippen molar-refractivity contribution >= 4 is 40.5 Å². The fourth-order valence-corrected chi connectivity index (χ4v) is 3.64. The summed E-state index contributed by atoms with van der Waals surface area (Å²) in [5.74, 6) is 2.61. The third-order valence-corrected chi connectivity index (χ3v) is 5.73. The largest absolute Gasteiger partial charge is 0.416 e. The summed E-state index contributed by atoms with van der Waals surface area (Å²) in [6.45, 7) is 5.69. The van der Waals surface area contributed by atoms with E-state index in [0.717, 1.165) is 17.8 Å². The lowest BCUT2D eigenvalue weighted by Crippen LogP contribution is -2.30. The van der Waals surface area contributed by atoms with Crippen molar-refractivity contribution in [2.24, 2.45) is 10.1 Å². The van der Waals surface area contributed by atoms with Crippen LogP contribution in [-0.2, 0) is 15.8 Å². The van der Waals surface area contributed by atoms with Crippen molar-refractivity contribution in [3.63, 3.8) is 0 Å². The monoisotopic (exact) mass is 553 g/mol. The van der Waals surface area contributed by atoms with Crippen LogP contribution >= 0.6 is 11.8 Å². The number of rotatable bonds is 14. The first kappa shape index (κ1) is 32.2. The van der Waals surface area contributed by atoms with E-state index in [9.17, 15) is 28.1 Å². The molecule has 2 N–H and O–H groups in total. The number of aliphatic imine (C=N–C) groups is 1. The normalized spacial score (nSPS) is 13.1. The van der Waals surface area contributed by atoms with Crippen molar-refractivity contribution < 1.29 is 27.7 Å². The van der Waals surface area contributed by atoms with Gasteiger partial charge in [-0.25, -0.2) is 0 Å². The van der Waals surface area contributed by atoms with Crippen LogP contribution in [-0.4, -0.2) is 54.8 Å². The van der Waals surface area contributed by atoms with E-state index in [2.05, 4.69) is 26.7 Å². The van der Waals surface area contributed by atoms with Crippen LogP contribution in [0.25, 0.3) is 0 Å². The van der Waals surface area contributed by atoms with E-state index in [1.54, 1.807) is 39.3 Å². The Morgan fingerprint density at radius 2 is 2.00 bits per heavy atom. The number of halogens is 3. The molecule has 0 aliphatic carbocycles. The highest BCUT2D eigenvalue weighted by atomic mass is 32.2. The van der Waals surface area contributed by atoms with E-state index in [1.165, 1.54) is 11.8 Å². The minimum Gasteiger partial charge on any atom is -0.395 e. The Morgan fingerprint density at radius 3 is 2.61 bits per heavy atom. The van der Waals surface area contributed by atoms with Crippen LogP contribution in [0.4, 0.5) is 24.5 Å². The summed E-state index contributed by atoms with van der Waals surface area (Å²) in [4.78, 5) is 32.4. The summed E-state index contributed by atoms with van der Waals surface area (Å²) in [5.41, 5.74) is 0.324. The Labute approximate surface area is 223 Å². The number of hydrogen-bond acceptors (Lipinski definition) is 8. The van der Waals surface area contributed by atoms with Gasteiger partial charge >= 0.3 is 6.18 Å². The molecule has 1 aromatic rings. The quantitative estimate of drug-likeness (QED) is 0.0621. The third kappa shape index (κ3) is 11.5. The van der Waals surface area contributed by atoms with Crippen LogP contribution in [0.2, 0.25) is 0 Å². The molecule has 0 bridgehead atoms. The van der Waals surface area contributed by atoms with Crippen LogP contribution in [0.3, 0.4) is 0 Å². The molecule has 13 heteroatoms. The zero-order valence-electron chi connectivity index (χ0n) is 21.5. The number of amides is 1. The number of carbonyl (C=O) groups excluding carboxylic acids is 1. The number of nitro groups is 1. The number of carbonyl (C=O) groups is 1. The first-order valence-electron chi connectivity index (χ1n) is 11.3. The molecule has 0 spiro atoms. The third-order valence-electron chi connectivity index (χ3n) is 4.80. The molecule has 9 nitrogen and oxygen atoms in total. The summed E-state index contributed by atoms with van der Waals surface area (Å²) < 4.78 is 38.6. The van der Waals surface area contributed by atoms with Gasteiger partial charge in [0.1, 0.15) is 18.0 Å². The molecule has 1 aromatic carbocycles. The van der Waals surface area contributed by atoms with Crippen molar-refractivity contribution in [2.45, 2.75) is 33.4 Å². The number of nitro benzene ring substituents is 1. The maximum atomic E-state index is 12.9. The lowest BCUT2D eigenvalue weighted by atomic mass is 10.1. The number of nitrogens with one attached hydrogen (secondary N) is 2. The maximum absolute atomic E-state index is 12.9. The second-order valence-electron chi connectivity index (χ2n) is 7.77. The summed E-state index contributed by atoms with van der Waals surface area (Å²) >= 11 is 1.41. The molecule has 38 heavy (non-hydrogen) atoms. The van der Waals surface area contributed by atoms with Crippen molar-refractivity contribution in [1.29, 1.82) is 0 Å². The van der Waals surface area contributed by atoms with Gasteiger partial charge in [-0.2, -0.15) is 13.2 Å². The van der Waals surface area contributed by atoms with E-state index < -0.39 is 22.4 Å². The molecule has 0 saturated heterocycles. The Balaban J connectivity index is 2.80. The summed E-state index contributed by atoms with van der Waals surface area (Å²) in [5, 5.41) is 22.1. The number of terminal acetylenes is 1. The Hall–Kier alpha value is -3.79. The minimum atomic E-state index is -4.70. The van der Waals surface area contributed by atoms with Gasteiger partial charge in [0, 0.05) is 43.2 Å². The molecule has 1 amide bonds. The number of anilines is 1. The number of nitrogens with zero attached hydrogens (tertiary/aromatic N) is 3. The number of oxime groups is 1. The molecular weight excluding hydrogens is 523 g/mol. The Morgan fingerprint density at radius 1 is 1.29 bits per heavy atom. The summed E-state index contributed by atoms with van der Waals surface area (Å²) in [7, 11) is 1.63. The smallest absolute Gasteiger partial charge is 0.395 e. The van der Waals surface area contributed by atoms with Crippen LogP contribution in [0, 0.1) is 22.5 Å². The molecular formula is C25H30F3N5O4S. The molecule has 0 aromatic heterocycles. The molecule has 0 fully saturated rings. The van der Waals surface area contributed by atoms with Crippen molar-refractivity contribution in [1.82, 2.24) is 5.32 Å². The molecule has 0 heterocycles. The molecule has 0 atom stereocenters. The van der Waals surface area contributed by atoms with Gasteiger partial charge in [0.2, 0.25) is 0 Å². The van der Waals surface area contributed by atoms with Crippen LogP contribution in [0.5, 0.6) is 0 Å². The lowest BCUT2D eigenvalue weighted by molar-refractivity contribution is -0.384. The first-order valence-corrected chi connectivity index (χ1v) is 12.4. The van der Waals surface area contributed by atoms with E-state index in [-0.39, 0.29) is 24.7 Å². The molecule has 0 saturated carbocycles. The number of alkyl halides is 3. The highest BCUT2D eigenvalue weighted by molar-refractivity contribution is 8.02. The summed E-state index contributed by atoms with van der Waals surface area (Å²) in [6.07, 6.45) is 2.90. The van der Waals surface area contributed by atoms with Crippen LogP contribution in [0.15, 0.2) is 51.0 Å². The first-order chi connectivity index (χ1) is 17.9. The topological polar surface area (TPSA) is 118 Å². The average molecular weight is 554 g/mol. The maximum Gasteiger partial charge on any atom is 0.416 e. The number of allylic oxidation sites excluding steroid dienone is 1. The van der Waals surface area contributed by atoms with Crippen molar-refractivity contribution in [2.75, 3.05) is 37.8 Å². The second-order valence-corrected chi connectivity index (χ2v) is 8.75. The van der Waals surface area contributed by atoms with Gasteiger partial charge < -0.3 is 15.5 Å². The average Bonchev–Trinajstić information content (AvgIpc) is 2.86. The SMILES string of the molecule is C#C/C(C)=N\OCCCS/C=C(C(=O)NCCNc1ccc(C(F)(F)F)cc1[N+](=O)[O-])/C(C)=C\C(C)=N/C. The molecule has 0 unspecified atom stereocenters. The predicted octanol–water partition coefficient (Wildman–Crippen LogP) is 5.21. The fraction of sp³-hybridized carbons (Fsp3) is 0.400. The highest BCUT2D eigenvalue weighted by Crippen LogP contribution is 2.34. The van der Waals surface area contributed by atoms with E-state index in [1.807, 2.05) is 0 Å². The van der Waals surface area contributed by atoms with Gasteiger partial charge in [-0.3, -0.25) is 19.9 Å². The summed E-state index contributed by atoms with van der Waals surface area (Å²) in [6, 6.07) is 2.22. The van der Waals surface area contributed by atoms with Crippen LogP contribution in [0.1, 0.15) is 32.8 Å². The fourth-order valence-electron chi connectivity index (χ4n) is 2.78. The van der Waals surface area contributed by atoms with Gasteiger partial charge in [0.25, 0.3) is 11.6 Å². The lowest BCUT2D eigenvalue weighted by Gasteiger charge is -2.12. The van der Waals surface area contributed by atoms with Gasteiger partial charge in [0.15, 0.2) is 0 Å². The second kappa shape index (κ2) is 16.1. The molecule has 206 valence electrons. The zero-order valence-corrected chi connectivity index (χ0v) is 22.3.